The second kappa shape index (κ2) is 5.69. The Balaban J connectivity index is 2.06. The maximum Gasteiger partial charge on any atom is 0.0991 e. The average Bonchev–Trinajstić information content (AvgIpc) is 3.10. The van der Waals surface area contributed by atoms with Crippen molar-refractivity contribution >= 4 is 34.1 Å². The fourth-order valence-corrected chi connectivity index (χ4v) is 2.90. The lowest BCUT2D eigenvalue weighted by Crippen LogP contribution is -1.96. The fourth-order valence-electron chi connectivity index (χ4n) is 2.58. The van der Waals surface area contributed by atoms with Gasteiger partial charge in [-0.05, 0) is 18.2 Å². The Hall–Kier alpha value is -2.36. The molecule has 0 spiro atoms. The van der Waals surface area contributed by atoms with E-state index in [9.17, 15) is 0 Å². The number of pyridine rings is 1. The van der Waals surface area contributed by atoms with Crippen LogP contribution in [0.1, 0.15) is 0 Å². The lowest BCUT2D eigenvalue weighted by Gasteiger charge is -2.11. The molecule has 0 saturated heterocycles. The highest BCUT2D eigenvalue weighted by Gasteiger charge is 2.11. The molecule has 2 heterocycles. The molecule has 112 valence electrons. The number of nitrogens with zero attached hydrogens (tertiary/aromatic N) is 3. The molecule has 4 rings (SSSR count). The van der Waals surface area contributed by atoms with E-state index in [-0.39, 0.29) is 0 Å². The molecular formula is C18H11Cl2N3. The van der Waals surface area contributed by atoms with Crippen molar-refractivity contribution in [1.29, 1.82) is 0 Å². The molecule has 0 aliphatic carbocycles. The van der Waals surface area contributed by atoms with Crippen LogP contribution in [0.3, 0.4) is 0 Å². The smallest absolute Gasteiger partial charge is 0.0991 e. The second-order valence-corrected chi connectivity index (χ2v) is 5.96. The van der Waals surface area contributed by atoms with Gasteiger partial charge in [-0.2, -0.15) is 0 Å². The maximum atomic E-state index is 6.19. The molecule has 4 aromatic rings. The van der Waals surface area contributed by atoms with Crippen molar-refractivity contribution in [3.63, 3.8) is 0 Å². The predicted octanol–water partition coefficient (Wildman–Crippen LogP) is 5.39. The summed E-state index contributed by atoms with van der Waals surface area (Å²) in [5.41, 5.74) is 3.68. The summed E-state index contributed by atoms with van der Waals surface area (Å²) in [5, 5.41) is 1.93. The van der Waals surface area contributed by atoms with Gasteiger partial charge < -0.3 is 4.57 Å². The molecule has 5 heteroatoms. The molecule has 0 unspecified atom stereocenters. The Kier molecular flexibility index (Phi) is 3.52. The predicted molar refractivity (Wildman–Crippen MR) is 94.3 cm³/mol. The summed E-state index contributed by atoms with van der Waals surface area (Å²) in [6.07, 6.45) is 5.39. The first-order chi connectivity index (χ1) is 11.2. The van der Waals surface area contributed by atoms with Crippen molar-refractivity contribution in [2.45, 2.75) is 0 Å². The van der Waals surface area contributed by atoms with Gasteiger partial charge in [0.25, 0.3) is 0 Å². The van der Waals surface area contributed by atoms with Crippen molar-refractivity contribution < 1.29 is 0 Å². The first kappa shape index (κ1) is 14.2. The van der Waals surface area contributed by atoms with Crippen LogP contribution in [-0.2, 0) is 0 Å². The van der Waals surface area contributed by atoms with Crippen LogP contribution < -0.4 is 0 Å². The third-order valence-electron chi connectivity index (χ3n) is 3.68. The minimum Gasteiger partial charge on any atom is -0.306 e. The molecule has 0 N–H and O–H groups in total. The summed E-state index contributed by atoms with van der Waals surface area (Å²) in [5.74, 6) is 0. The lowest BCUT2D eigenvalue weighted by molar-refractivity contribution is 1.06. The monoisotopic (exact) mass is 339 g/mol. The van der Waals surface area contributed by atoms with Gasteiger partial charge in [0, 0.05) is 23.3 Å². The largest absolute Gasteiger partial charge is 0.306 e. The van der Waals surface area contributed by atoms with Crippen molar-refractivity contribution in [3.8, 4) is 16.9 Å². The number of fused-ring (bicyclic) bond motifs is 1. The quantitative estimate of drug-likeness (QED) is 0.489. The average molecular weight is 340 g/mol. The Morgan fingerprint density at radius 1 is 0.913 bits per heavy atom. The van der Waals surface area contributed by atoms with Gasteiger partial charge in [-0.25, -0.2) is 9.97 Å². The highest BCUT2D eigenvalue weighted by Crippen LogP contribution is 2.33. The van der Waals surface area contributed by atoms with E-state index >= 15 is 0 Å². The van der Waals surface area contributed by atoms with E-state index in [1.165, 1.54) is 0 Å². The van der Waals surface area contributed by atoms with Gasteiger partial charge in [0.15, 0.2) is 0 Å². The molecular weight excluding hydrogens is 329 g/mol. The van der Waals surface area contributed by atoms with E-state index in [2.05, 4.69) is 4.98 Å². The third-order valence-corrected chi connectivity index (χ3v) is 4.40. The summed E-state index contributed by atoms with van der Waals surface area (Å²) in [4.78, 5) is 8.87. The summed E-state index contributed by atoms with van der Waals surface area (Å²) in [6.45, 7) is 0. The molecule has 3 nitrogen and oxygen atoms in total. The lowest BCUT2D eigenvalue weighted by atomic mass is 10.1. The minimum atomic E-state index is 0.494. The molecule has 0 radical (unpaired) electrons. The van der Waals surface area contributed by atoms with E-state index < -0.39 is 0 Å². The Morgan fingerprint density at radius 3 is 2.43 bits per heavy atom. The topological polar surface area (TPSA) is 30.7 Å². The van der Waals surface area contributed by atoms with Gasteiger partial charge >= 0.3 is 0 Å². The van der Waals surface area contributed by atoms with Crippen molar-refractivity contribution in [1.82, 2.24) is 14.5 Å². The highest BCUT2D eigenvalue weighted by atomic mass is 35.5. The summed E-state index contributed by atoms with van der Waals surface area (Å²) >= 11 is 12.4. The number of aromatic nitrogens is 3. The van der Waals surface area contributed by atoms with Gasteiger partial charge in [-0.1, -0.05) is 53.5 Å². The molecule has 23 heavy (non-hydrogen) atoms. The number of rotatable bonds is 2. The standard InChI is InChI=1S/C18H11Cl2N3/c19-14-8-13-17(9-15(14)20)22-16(12-4-2-1-3-5-12)10-18(13)23-7-6-21-11-23/h1-11H. The maximum absolute atomic E-state index is 6.19. The van der Waals surface area contributed by atoms with Gasteiger partial charge in [0.05, 0.1) is 33.3 Å². The van der Waals surface area contributed by atoms with E-state index in [1.807, 2.05) is 53.2 Å². The zero-order valence-corrected chi connectivity index (χ0v) is 13.5. The Morgan fingerprint density at radius 2 is 1.70 bits per heavy atom. The van der Waals surface area contributed by atoms with Gasteiger partial charge in [0.2, 0.25) is 0 Å². The SMILES string of the molecule is Clc1cc2nc(-c3ccccc3)cc(-n3ccnc3)c2cc1Cl. The molecule has 0 amide bonds. The van der Waals surface area contributed by atoms with E-state index in [4.69, 9.17) is 28.2 Å². The Bertz CT molecular complexity index is 980. The van der Waals surface area contributed by atoms with Crippen molar-refractivity contribution in [2.75, 3.05) is 0 Å². The summed E-state index contributed by atoms with van der Waals surface area (Å²) < 4.78 is 1.95. The second-order valence-electron chi connectivity index (χ2n) is 5.15. The van der Waals surface area contributed by atoms with Crippen LogP contribution in [0.2, 0.25) is 10.0 Å². The first-order valence-corrected chi connectivity index (χ1v) is 7.81. The highest BCUT2D eigenvalue weighted by molar-refractivity contribution is 6.42. The van der Waals surface area contributed by atoms with E-state index in [1.54, 1.807) is 18.6 Å². The van der Waals surface area contributed by atoms with Crippen LogP contribution in [0.25, 0.3) is 27.8 Å². The van der Waals surface area contributed by atoms with Gasteiger partial charge in [0.1, 0.15) is 0 Å². The summed E-state index contributed by atoms with van der Waals surface area (Å²) in [6, 6.07) is 15.7. The number of benzene rings is 2. The van der Waals surface area contributed by atoms with Crippen LogP contribution in [-0.4, -0.2) is 14.5 Å². The number of hydrogen-bond donors (Lipinski definition) is 0. The van der Waals surface area contributed by atoms with Crippen LogP contribution in [0.15, 0.2) is 67.3 Å². The Labute approximate surface area is 143 Å². The normalized spacial score (nSPS) is 11.0. The summed E-state index contributed by atoms with van der Waals surface area (Å²) in [7, 11) is 0. The number of hydrogen-bond acceptors (Lipinski definition) is 2. The third kappa shape index (κ3) is 2.58. The first-order valence-electron chi connectivity index (χ1n) is 7.06. The zero-order chi connectivity index (χ0) is 15.8. The van der Waals surface area contributed by atoms with Crippen LogP contribution in [0.4, 0.5) is 0 Å². The van der Waals surface area contributed by atoms with Crippen LogP contribution in [0, 0.1) is 0 Å². The van der Waals surface area contributed by atoms with E-state index in [0.29, 0.717) is 10.0 Å². The molecule has 2 aromatic carbocycles. The van der Waals surface area contributed by atoms with Crippen molar-refractivity contribution in [3.05, 3.63) is 77.3 Å². The van der Waals surface area contributed by atoms with Crippen LogP contribution >= 0.6 is 23.2 Å². The zero-order valence-electron chi connectivity index (χ0n) is 11.9. The molecule has 2 aromatic heterocycles. The fraction of sp³-hybridized carbons (Fsp3) is 0. The van der Waals surface area contributed by atoms with Crippen molar-refractivity contribution in [2.24, 2.45) is 0 Å². The van der Waals surface area contributed by atoms with Crippen LogP contribution in [0.5, 0.6) is 0 Å². The number of imidazole rings is 1. The van der Waals surface area contributed by atoms with Gasteiger partial charge in [-0.15, -0.1) is 0 Å². The molecule has 0 fully saturated rings. The number of halogens is 2. The van der Waals surface area contributed by atoms with E-state index in [0.717, 1.165) is 27.8 Å². The molecule has 0 aliphatic rings. The molecule has 0 bridgehead atoms. The molecule has 0 saturated carbocycles. The van der Waals surface area contributed by atoms with Gasteiger partial charge in [-0.3, -0.25) is 0 Å². The molecule has 0 aliphatic heterocycles. The minimum absolute atomic E-state index is 0.494. The molecule has 0 atom stereocenters.